The lowest BCUT2D eigenvalue weighted by molar-refractivity contribution is -0.137. The van der Waals surface area contributed by atoms with Gasteiger partial charge in [0.1, 0.15) is 0 Å². The summed E-state index contributed by atoms with van der Waals surface area (Å²) in [5, 5.41) is 0. The van der Waals surface area contributed by atoms with Crippen molar-refractivity contribution in [3.8, 4) is 0 Å². The third-order valence-electron chi connectivity index (χ3n) is 1.92. The Morgan fingerprint density at radius 3 is 2.79 bits per heavy atom. The average molecular weight is 210 g/mol. The maximum Gasteiger partial charge on any atom is 0.315 e. The van der Waals surface area contributed by atoms with Crippen molar-refractivity contribution in [2.24, 2.45) is 0 Å². The third-order valence-corrected chi connectivity index (χ3v) is 3.05. The minimum atomic E-state index is -0.184. The highest BCUT2D eigenvalue weighted by molar-refractivity contribution is 8.00. The van der Waals surface area contributed by atoms with E-state index < -0.39 is 0 Å². The van der Waals surface area contributed by atoms with Crippen molar-refractivity contribution in [1.29, 1.82) is 0 Å². The zero-order valence-corrected chi connectivity index (χ0v) is 9.48. The summed E-state index contributed by atoms with van der Waals surface area (Å²) in [5.41, 5.74) is 2.41. The second-order valence-corrected chi connectivity index (χ2v) is 4.15. The van der Waals surface area contributed by atoms with Gasteiger partial charge in [0.25, 0.3) is 0 Å². The summed E-state index contributed by atoms with van der Waals surface area (Å²) in [6, 6.07) is 6.22. The highest BCUT2D eigenvalue weighted by Gasteiger charge is 2.04. The number of rotatable bonds is 3. The Bertz CT molecular complexity index is 334. The van der Waals surface area contributed by atoms with Gasteiger partial charge in [-0.2, -0.15) is 0 Å². The Labute approximate surface area is 88.7 Å². The summed E-state index contributed by atoms with van der Waals surface area (Å²) in [4.78, 5) is 12.1. The molecule has 0 aromatic heterocycles. The largest absolute Gasteiger partial charge is 0.468 e. The molecule has 2 nitrogen and oxygen atoms in total. The first-order valence-corrected chi connectivity index (χ1v) is 5.39. The molecule has 1 aromatic carbocycles. The molecule has 0 N–H and O–H groups in total. The van der Waals surface area contributed by atoms with E-state index in [0.717, 1.165) is 4.90 Å². The van der Waals surface area contributed by atoms with E-state index in [0.29, 0.717) is 5.75 Å². The summed E-state index contributed by atoms with van der Waals surface area (Å²) in [7, 11) is 1.41. The van der Waals surface area contributed by atoms with Gasteiger partial charge in [-0.1, -0.05) is 17.7 Å². The topological polar surface area (TPSA) is 26.3 Å². The van der Waals surface area contributed by atoms with Crippen molar-refractivity contribution < 1.29 is 9.53 Å². The Kier molecular flexibility index (Phi) is 4.01. The molecule has 0 amide bonds. The predicted molar refractivity (Wildman–Crippen MR) is 58.7 cm³/mol. The standard InChI is InChI=1S/C11H14O2S/c1-8-4-5-9(2)10(6-8)14-7-11(12)13-3/h4-6H,7H2,1-3H3. The van der Waals surface area contributed by atoms with E-state index in [1.54, 1.807) is 0 Å². The summed E-state index contributed by atoms with van der Waals surface area (Å²) < 4.78 is 4.58. The van der Waals surface area contributed by atoms with E-state index in [4.69, 9.17) is 0 Å². The number of thioether (sulfide) groups is 1. The van der Waals surface area contributed by atoms with Crippen LogP contribution < -0.4 is 0 Å². The molecule has 0 unspecified atom stereocenters. The molecule has 0 bridgehead atoms. The Morgan fingerprint density at radius 2 is 2.14 bits per heavy atom. The zero-order valence-electron chi connectivity index (χ0n) is 8.66. The summed E-state index contributed by atoms with van der Waals surface area (Å²) in [5.74, 6) is 0.191. The maximum absolute atomic E-state index is 10.9. The van der Waals surface area contributed by atoms with Gasteiger partial charge in [0, 0.05) is 4.90 Å². The van der Waals surface area contributed by atoms with Crippen LogP contribution in [-0.2, 0) is 9.53 Å². The normalized spacial score (nSPS) is 9.93. The van der Waals surface area contributed by atoms with Gasteiger partial charge in [-0.15, -0.1) is 11.8 Å². The van der Waals surface area contributed by atoms with Gasteiger partial charge >= 0.3 is 5.97 Å². The molecule has 14 heavy (non-hydrogen) atoms. The van der Waals surface area contributed by atoms with E-state index in [1.165, 1.54) is 30.0 Å². The fourth-order valence-electron chi connectivity index (χ4n) is 1.06. The quantitative estimate of drug-likeness (QED) is 0.566. The van der Waals surface area contributed by atoms with Gasteiger partial charge in [0.15, 0.2) is 0 Å². The molecule has 0 aliphatic rings. The number of aryl methyl sites for hydroxylation is 2. The van der Waals surface area contributed by atoms with Crippen molar-refractivity contribution >= 4 is 17.7 Å². The number of ether oxygens (including phenoxy) is 1. The first kappa shape index (κ1) is 11.1. The molecule has 0 atom stereocenters. The van der Waals surface area contributed by atoms with Crippen LogP contribution in [0.4, 0.5) is 0 Å². The van der Waals surface area contributed by atoms with Crippen molar-refractivity contribution in [2.75, 3.05) is 12.9 Å². The monoisotopic (exact) mass is 210 g/mol. The number of esters is 1. The molecule has 0 aliphatic heterocycles. The predicted octanol–water partition coefficient (Wildman–Crippen LogP) is 2.57. The molecule has 1 rings (SSSR count). The molecule has 0 spiro atoms. The second-order valence-electron chi connectivity index (χ2n) is 3.13. The number of methoxy groups -OCH3 is 1. The number of carbonyl (C=O) groups excluding carboxylic acids is 1. The van der Waals surface area contributed by atoms with Gasteiger partial charge in [0.05, 0.1) is 12.9 Å². The minimum Gasteiger partial charge on any atom is -0.468 e. The van der Waals surface area contributed by atoms with Crippen molar-refractivity contribution in [2.45, 2.75) is 18.7 Å². The van der Waals surface area contributed by atoms with Crippen LogP contribution in [0, 0.1) is 13.8 Å². The van der Waals surface area contributed by atoms with E-state index >= 15 is 0 Å². The van der Waals surface area contributed by atoms with Crippen molar-refractivity contribution in [1.82, 2.24) is 0 Å². The Morgan fingerprint density at radius 1 is 1.43 bits per heavy atom. The fraction of sp³-hybridized carbons (Fsp3) is 0.364. The number of carbonyl (C=O) groups is 1. The van der Waals surface area contributed by atoms with Gasteiger partial charge in [0.2, 0.25) is 0 Å². The van der Waals surface area contributed by atoms with Gasteiger partial charge in [-0.3, -0.25) is 4.79 Å². The lowest BCUT2D eigenvalue weighted by Gasteiger charge is -2.05. The van der Waals surface area contributed by atoms with Crippen molar-refractivity contribution in [3.05, 3.63) is 29.3 Å². The summed E-state index contributed by atoms with van der Waals surface area (Å²) in [6.45, 7) is 4.08. The highest BCUT2D eigenvalue weighted by Crippen LogP contribution is 2.23. The molecule has 0 saturated carbocycles. The van der Waals surface area contributed by atoms with Gasteiger partial charge < -0.3 is 4.74 Å². The van der Waals surface area contributed by atoms with E-state index in [1.807, 2.05) is 13.8 Å². The number of hydrogen-bond donors (Lipinski definition) is 0. The molecule has 3 heteroatoms. The van der Waals surface area contributed by atoms with Crippen LogP contribution in [0.3, 0.4) is 0 Å². The maximum atomic E-state index is 10.9. The first-order chi connectivity index (χ1) is 6.63. The van der Waals surface area contributed by atoms with Crippen LogP contribution in [0.25, 0.3) is 0 Å². The molecule has 76 valence electrons. The SMILES string of the molecule is COC(=O)CSc1cc(C)ccc1C. The van der Waals surface area contributed by atoms with Crippen LogP contribution in [-0.4, -0.2) is 18.8 Å². The summed E-state index contributed by atoms with van der Waals surface area (Å²) >= 11 is 1.52. The van der Waals surface area contributed by atoms with E-state index in [2.05, 4.69) is 22.9 Å². The fourth-order valence-corrected chi connectivity index (χ4v) is 2.01. The number of hydrogen-bond acceptors (Lipinski definition) is 3. The van der Waals surface area contributed by atoms with Gasteiger partial charge in [-0.05, 0) is 25.5 Å². The van der Waals surface area contributed by atoms with Crippen LogP contribution in [0.15, 0.2) is 23.1 Å². The molecule has 0 saturated heterocycles. The first-order valence-electron chi connectivity index (χ1n) is 4.40. The molecule has 0 aliphatic carbocycles. The van der Waals surface area contributed by atoms with Crippen LogP contribution in [0.2, 0.25) is 0 Å². The lowest BCUT2D eigenvalue weighted by atomic mass is 10.2. The molecule has 0 fully saturated rings. The lowest BCUT2D eigenvalue weighted by Crippen LogP contribution is -2.03. The number of benzene rings is 1. The van der Waals surface area contributed by atoms with Crippen LogP contribution >= 0.6 is 11.8 Å². The molecule has 1 aromatic rings. The molecular formula is C11H14O2S. The van der Waals surface area contributed by atoms with Crippen LogP contribution in [0.1, 0.15) is 11.1 Å². The molecule has 0 radical (unpaired) electrons. The van der Waals surface area contributed by atoms with Crippen molar-refractivity contribution in [3.63, 3.8) is 0 Å². The Balaban J connectivity index is 2.66. The zero-order chi connectivity index (χ0) is 10.6. The molecular weight excluding hydrogens is 196 g/mol. The molecule has 0 heterocycles. The van der Waals surface area contributed by atoms with Gasteiger partial charge in [-0.25, -0.2) is 0 Å². The van der Waals surface area contributed by atoms with E-state index in [-0.39, 0.29) is 5.97 Å². The van der Waals surface area contributed by atoms with E-state index in [9.17, 15) is 4.79 Å². The third kappa shape index (κ3) is 3.07. The average Bonchev–Trinajstić information content (AvgIpc) is 2.19. The Hall–Kier alpha value is -0.960. The second kappa shape index (κ2) is 5.05. The highest BCUT2D eigenvalue weighted by atomic mass is 32.2. The minimum absolute atomic E-state index is 0.184. The van der Waals surface area contributed by atoms with Crippen LogP contribution in [0.5, 0.6) is 0 Å². The smallest absolute Gasteiger partial charge is 0.315 e. The summed E-state index contributed by atoms with van der Waals surface area (Å²) in [6.07, 6.45) is 0.